The maximum Gasteiger partial charge on any atom is 0.324 e. The Hall–Kier alpha value is -1.86. The average molecular weight is 318 g/mol. The van der Waals surface area contributed by atoms with Gasteiger partial charge in [-0.3, -0.25) is 4.79 Å². The molecule has 1 unspecified atom stereocenters. The van der Waals surface area contributed by atoms with Gasteiger partial charge in [0.2, 0.25) is 0 Å². The van der Waals surface area contributed by atoms with Gasteiger partial charge in [-0.1, -0.05) is 34.1 Å². The third-order valence-corrected chi connectivity index (χ3v) is 3.68. The quantitative estimate of drug-likeness (QED) is 0.640. The van der Waals surface area contributed by atoms with E-state index >= 15 is 0 Å². The van der Waals surface area contributed by atoms with Gasteiger partial charge in [0.1, 0.15) is 4.83 Å². The van der Waals surface area contributed by atoms with Crippen molar-refractivity contribution in [1.82, 2.24) is 0 Å². The molecular weight excluding hydrogens is 306 g/mol. The van der Waals surface area contributed by atoms with Gasteiger partial charge in [-0.05, 0) is 41.5 Å². The maximum atomic E-state index is 11.7. The number of carbonyl (C=O) groups excluding carboxylic acids is 1. The van der Waals surface area contributed by atoms with Gasteiger partial charge in [-0.25, -0.2) is 0 Å². The summed E-state index contributed by atoms with van der Waals surface area (Å²) in [6, 6.07) is 13.3. The molecule has 0 aliphatic carbocycles. The number of ether oxygens (including phenoxy) is 1. The summed E-state index contributed by atoms with van der Waals surface area (Å²) in [4.78, 5) is 11.2. The maximum absolute atomic E-state index is 11.7. The highest BCUT2D eigenvalue weighted by Crippen LogP contribution is 2.27. The Morgan fingerprint density at radius 1 is 1.32 bits per heavy atom. The fourth-order valence-electron chi connectivity index (χ4n) is 1.84. The van der Waals surface area contributed by atoms with Crippen LogP contribution in [0.3, 0.4) is 0 Å². The highest BCUT2D eigenvalue weighted by Gasteiger charge is 2.18. The monoisotopic (exact) mass is 317 g/mol. The molecule has 3 nitrogen and oxygen atoms in total. The van der Waals surface area contributed by atoms with E-state index in [4.69, 9.17) is 10.00 Å². The van der Waals surface area contributed by atoms with Crippen molar-refractivity contribution in [3.8, 4) is 6.07 Å². The zero-order chi connectivity index (χ0) is 13.8. The molecular formula is C15H12BrNO2. The Labute approximate surface area is 119 Å². The Kier molecular flexibility index (Phi) is 4.18. The van der Waals surface area contributed by atoms with Crippen molar-refractivity contribution in [3.63, 3.8) is 0 Å². The molecule has 0 saturated carbocycles. The number of nitrogens with zero attached hydrogens (tertiary/aromatic N) is 1. The predicted molar refractivity (Wildman–Crippen MR) is 77.0 cm³/mol. The number of rotatable bonds is 3. The summed E-state index contributed by atoms with van der Waals surface area (Å²) in [6.07, 6.45) is 0. The first kappa shape index (κ1) is 13.6. The van der Waals surface area contributed by atoms with Crippen LogP contribution in [0.25, 0.3) is 10.8 Å². The molecule has 1 atom stereocenters. The first-order valence-electron chi connectivity index (χ1n) is 5.90. The second kappa shape index (κ2) is 5.85. The largest absolute Gasteiger partial charge is 0.465 e. The zero-order valence-corrected chi connectivity index (χ0v) is 12.0. The van der Waals surface area contributed by atoms with Gasteiger partial charge in [-0.15, -0.1) is 0 Å². The van der Waals surface area contributed by atoms with Gasteiger partial charge in [0.05, 0.1) is 18.2 Å². The molecule has 0 aliphatic rings. The molecule has 96 valence electrons. The van der Waals surface area contributed by atoms with Gasteiger partial charge < -0.3 is 4.74 Å². The van der Waals surface area contributed by atoms with Gasteiger partial charge in [0.25, 0.3) is 0 Å². The normalized spacial score (nSPS) is 11.8. The van der Waals surface area contributed by atoms with E-state index in [1.165, 1.54) is 0 Å². The zero-order valence-electron chi connectivity index (χ0n) is 10.4. The van der Waals surface area contributed by atoms with Crippen molar-refractivity contribution in [2.45, 2.75) is 11.8 Å². The Morgan fingerprint density at radius 3 is 2.68 bits per heavy atom. The van der Waals surface area contributed by atoms with Crippen molar-refractivity contribution in [2.24, 2.45) is 0 Å². The number of alkyl halides is 1. The van der Waals surface area contributed by atoms with Crippen molar-refractivity contribution in [1.29, 1.82) is 5.26 Å². The van der Waals surface area contributed by atoms with Crippen LogP contribution < -0.4 is 0 Å². The Morgan fingerprint density at radius 2 is 2.00 bits per heavy atom. The van der Waals surface area contributed by atoms with E-state index in [1.807, 2.05) is 30.3 Å². The second-order valence-electron chi connectivity index (χ2n) is 4.05. The molecule has 4 heteroatoms. The fraction of sp³-hybridized carbons (Fsp3) is 0.200. The molecule has 0 spiro atoms. The van der Waals surface area contributed by atoms with E-state index in [0.717, 1.165) is 16.3 Å². The molecule has 0 saturated heterocycles. The van der Waals surface area contributed by atoms with Crippen LogP contribution in [-0.4, -0.2) is 12.6 Å². The van der Waals surface area contributed by atoms with Gasteiger partial charge in [-0.2, -0.15) is 5.26 Å². The molecule has 2 aromatic rings. The highest BCUT2D eigenvalue weighted by molar-refractivity contribution is 9.09. The van der Waals surface area contributed by atoms with Crippen LogP contribution in [0.1, 0.15) is 22.9 Å². The van der Waals surface area contributed by atoms with E-state index in [0.29, 0.717) is 12.2 Å². The lowest BCUT2D eigenvalue weighted by Crippen LogP contribution is -2.10. The van der Waals surface area contributed by atoms with Crippen LogP contribution in [-0.2, 0) is 9.53 Å². The molecule has 0 amide bonds. The summed E-state index contributed by atoms with van der Waals surface area (Å²) < 4.78 is 4.98. The number of halogens is 1. The molecule has 0 heterocycles. The van der Waals surface area contributed by atoms with Crippen LogP contribution in [0.4, 0.5) is 0 Å². The Bertz CT molecular complexity index is 661. The topological polar surface area (TPSA) is 50.1 Å². The third kappa shape index (κ3) is 2.94. The van der Waals surface area contributed by atoms with E-state index < -0.39 is 4.83 Å². The SMILES string of the molecule is CCOC(=O)C(Br)c1ccc2cc(C#N)ccc2c1. The number of benzene rings is 2. The number of carbonyl (C=O) groups is 1. The van der Waals surface area contributed by atoms with Gasteiger partial charge in [0, 0.05) is 0 Å². The van der Waals surface area contributed by atoms with Crippen LogP contribution in [0.5, 0.6) is 0 Å². The number of hydrogen-bond donors (Lipinski definition) is 0. The van der Waals surface area contributed by atoms with Gasteiger partial charge >= 0.3 is 5.97 Å². The molecule has 0 fully saturated rings. The van der Waals surface area contributed by atoms with Crippen LogP contribution >= 0.6 is 15.9 Å². The molecule has 0 N–H and O–H groups in total. The smallest absolute Gasteiger partial charge is 0.324 e. The molecule has 0 aromatic heterocycles. The number of hydrogen-bond acceptors (Lipinski definition) is 3. The average Bonchev–Trinajstić information content (AvgIpc) is 2.45. The minimum atomic E-state index is -0.465. The minimum absolute atomic E-state index is 0.296. The van der Waals surface area contributed by atoms with E-state index in [2.05, 4.69) is 22.0 Å². The fourth-order valence-corrected chi connectivity index (χ4v) is 2.26. The lowest BCUT2D eigenvalue weighted by atomic mass is 10.0. The predicted octanol–water partition coefficient (Wildman–Crippen LogP) is 3.71. The van der Waals surface area contributed by atoms with Crippen molar-refractivity contribution in [2.75, 3.05) is 6.61 Å². The van der Waals surface area contributed by atoms with Crippen LogP contribution in [0.2, 0.25) is 0 Å². The minimum Gasteiger partial charge on any atom is -0.465 e. The summed E-state index contributed by atoms with van der Waals surface area (Å²) in [7, 11) is 0. The lowest BCUT2D eigenvalue weighted by Gasteiger charge is -2.10. The van der Waals surface area contributed by atoms with Crippen molar-refractivity contribution in [3.05, 3.63) is 47.5 Å². The number of nitriles is 1. The lowest BCUT2D eigenvalue weighted by molar-refractivity contribution is -0.142. The molecule has 0 aliphatic heterocycles. The Balaban J connectivity index is 2.37. The van der Waals surface area contributed by atoms with Crippen LogP contribution in [0, 0.1) is 11.3 Å². The molecule has 0 radical (unpaired) electrons. The second-order valence-corrected chi connectivity index (χ2v) is 4.96. The first-order chi connectivity index (χ1) is 9.15. The first-order valence-corrected chi connectivity index (χ1v) is 6.81. The summed E-state index contributed by atoms with van der Waals surface area (Å²) >= 11 is 3.34. The summed E-state index contributed by atoms with van der Waals surface area (Å²) in [5.74, 6) is -0.296. The standard InChI is InChI=1S/C15H12BrNO2/c1-2-19-15(18)14(16)13-6-5-11-7-10(9-17)3-4-12(11)8-13/h3-8,14H,2H2,1H3. The number of esters is 1. The van der Waals surface area contributed by atoms with E-state index in [9.17, 15) is 4.79 Å². The third-order valence-electron chi connectivity index (χ3n) is 2.78. The van der Waals surface area contributed by atoms with Crippen molar-refractivity contribution < 1.29 is 9.53 Å². The summed E-state index contributed by atoms with van der Waals surface area (Å²) in [6.45, 7) is 2.14. The summed E-state index contributed by atoms with van der Waals surface area (Å²) in [5.41, 5.74) is 1.47. The van der Waals surface area contributed by atoms with Gasteiger partial charge in [0.15, 0.2) is 0 Å². The van der Waals surface area contributed by atoms with E-state index in [1.54, 1.807) is 13.0 Å². The molecule has 0 bridgehead atoms. The van der Waals surface area contributed by atoms with E-state index in [-0.39, 0.29) is 5.97 Å². The molecule has 2 aromatic carbocycles. The highest BCUT2D eigenvalue weighted by atomic mass is 79.9. The van der Waals surface area contributed by atoms with Crippen LogP contribution in [0.15, 0.2) is 36.4 Å². The molecule has 2 rings (SSSR count). The number of fused-ring (bicyclic) bond motifs is 1. The molecule has 19 heavy (non-hydrogen) atoms. The summed E-state index contributed by atoms with van der Waals surface area (Å²) in [5, 5.41) is 10.8. The van der Waals surface area contributed by atoms with Crippen molar-refractivity contribution >= 4 is 32.7 Å².